The van der Waals surface area contributed by atoms with E-state index in [1.165, 1.54) is 5.56 Å². The number of methoxy groups -OCH3 is 2. The second-order valence-corrected chi connectivity index (χ2v) is 4.74. The highest BCUT2D eigenvalue weighted by Gasteiger charge is 2.40. The molecule has 0 atom stereocenters. The van der Waals surface area contributed by atoms with E-state index in [1.54, 1.807) is 14.2 Å². The Bertz CT molecular complexity index is 402. The van der Waals surface area contributed by atoms with Crippen molar-refractivity contribution in [3.8, 4) is 11.5 Å². The Labute approximate surface area is 108 Å². The molecule has 18 heavy (non-hydrogen) atoms. The summed E-state index contributed by atoms with van der Waals surface area (Å²) in [5.74, 6) is 1.53. The van der Waals surface area contributed by atoms with Gasteiger partial charge in [-0.2, -0.15) is 0 Å². The molecule has 4 nitrogen and oxygen atoms in total. The van der Waals surface area contributed by atoms with Crippen LogP contribution in [0.2, 0.25) is 0 Å². The van der Waals surface area contributed by atoms with Crippen LogP contribution < -0.4 is 15.2 Å². The van der Waals surface area contributed by atoms with Crippen LogP contribution in [0.3, 0.4) is 0 Å². The fourth-order valence-corrected chi connectivity index (χ4v) is 2.41. The van der Waals surface area contributed by atoms with E-state index in [0.717, 1.165) is 44.1 Å². The summed E-state index contributed by atoms with van der Waals surface area (Å²) in [6.07, 6.45) is 2.07. The summed E-state index contributed by atoms with van der Waals surface area (Å²) in [6, 6.07) is 6.11. The maximum atomic E-state index is 5.61. The zero-order valence-electron chi connectivity index (χ0n) is 11.1. The Morgan fingerprint density at radius 1 is 1.22 bits per heavy atom. The topological polar surface area (TPSA) is 53.7 Å². The van der Waals surface area contributed by atoms with Gasteiger partial charge in [0.05, 0.1) is 27.4 Å². The lowest BCUT2D eigenvalue weighted by Gasteiger charge is -2.42. The second kappa shape index (κ2) is 5.59. The van der Waals surface area contributed by atoms with Crippen molar-refractivity contribution in [3.05, 3.63) is 23.8 Å². The molecule has 1 fully saturated rings. The summed E-state index contributed by atoms with van der Waals surface area (Å²) in [7, 11) is 3.31. The lowest BCUT2D eigenvalue weighted by molar-refractivity contribution is -0.0649. The number of benzene rings is 1. The molecule has 1 saturated heterocycles. The molecule has 1 aromatic rings. The van der Waals surface area contributed by atoms with Gasteiger partial charge >= 0.3 is 0 Å². The molecule has 1 aromatic carbocycles. The van der Waals surface area contributed by atoms with Crippen LogP contribution >= 0.6 is 0 Å². The van der Waals surface area contributed by atoms with Gasteiger partial charge in [-0.15, -0.1) is 0 Å². The molecule has 0 aromatic heterocycles. The fourth-order valence-electron chi connectivity index (χ4n) is 2.41. The van der Waals surface area contributed by atoms with Crippen molar-refractivity contribution in [1.29, 1.82) is 0 Å². The van der Waals surface area contributed by atoms with E-state index < -0.39 is 0 Å². The van der Waals surface area contributed by atoms with Crippen LogP contribution in [0.15, 0.2) is 18.2 Å². The number of nitrogens with two attached hydrogens (primary N) is 1. The third kappa shape index (κ3) is 2.31. The van der Waals surface area contributed by atoms with Crippen LogP contribution in [-0.2, 0) is 10.2 Å². The first-order chi connectivity index (χ1) is 8.75. The monoisotopic (exact) mass is 251 g/mol. The van der Waals surface area contributed by atoms with Crippen molar-refractivity contribution >= 4 is 0 Å². The van der Waals surface area contributed by atoms with Crippen molar-refractivity contribution in [2.45, 2.75) is 18.3 Å². The molecule has 2 N–H and O–H groups in total. The molecule has 1 aliphatic heterocycles. The van der Waals surface area contributed by atoms with E-state index in [4.69, 9.17) is 19.9 Å². The van der Waals surface area contributed by atoms with E-state index in [2.05, 4.69) is 12.1 Å². The van der Waals surface area contributed by atoms with Crippen molar-refractivity contribution in [1.82, 2.24) is 0 Å². The van der Waals surface area contributed by atoms with Crippen molar-refractivity contribution in [2.75, 3.05) is 34.0 Å². The molecule has 0 bridgehead atoms. The molecule has 100 valence electrons. The molecule has 0 unspecified atom stereocenters. The zero-order chi connectivity index (χ0) is 13.0. The van der Waals surface area contributed by atoms with Crippen LogP contribution in [-0.4, -0.2) is 34.0 Å². The Morgan fingerprint density at radius 3 is 2.44 bits per heavy atom. The van der Waals surface area contributed by atoms with E-state index in [9.17, 15) is 0 Å². The summed E-state index contributed by atoms with van der Waals surface area (Å²) in [5.41, 5.74) is 6.97. The Hall–Kier alpha value is -1.26. The summed E-state index contributed by atoms with van der Waals surface area (Å²) < 4.78 is 16.0. The molecule has 0 saturated carbocycles. The third-order valence-electron chi connectivity index (χ3n) is 3.61. The number of rotatable bonds is 6. The molecule has 0 aliphatic carbocycles. The molecular weight excluding hydrogens is 230 g/mol. The highest BCUT2D eigenvalue weighted by molar-refractivity contribution is 5.45. The van der Waals surface area contributed by atoms with Gasteiger partial charge in [0.15, 0.2) is 11.5 Å². The van der Waals surface area contributed by atoms with Crippen molar-refractivity contribution in [3.63, 3.8) is 0 Å². The Kier molecular flexibility index (Phi) is 4.09. The van der Waals surface area contributed by atoms with Gasteiger partial charge in [-0.1, -0.05) is 6.07 Å². The fraction of sp³-hybridized carbons (Fsp3) is 0.571. The number of hydrogen-bond acceptors (Lipinski definition) is 4. The largest absolute Gasteiger partial charge is 0.493 e. The van der Waals surface area contributed by atoms with E-state index in [0.29, 0.717) is 0 Å². The quantitative estimate of drug-likeness (QED) is 0.836. The molecule has 2 rings (SSSR count). The summed E-state index contributed by atoms with van der Waals surface area (Å²) in [4.78, 5) is 0. The van der Waals surface area contributed by atoms with Crippen LogP contribution in [0.25, 0.3) is 0 Å². The lowest BCUT2D eigenvalue weighted by atomic mass is 9.75. The first-order valence-corrected chi connectivity index (χ1v) is 6.26. The normalized spacial score (nSPS) is 17.1. The number of ether oxygens (including phenoxy) is 3. The minimum absolute atomic E-state index is 0.110. The molecule has 4 heteroatoms. The first kappa shape index (κ1) is 13.2. The third-order valence-corrected chi connectivity index (χ3v) is 3.61. The van der Waals surface area contributed by atoms with Gasteiger partial charge in [-0.3, -0.25) is 0 Å². The summed E-state index contributed by atoms with van der Waals surface area (Å²) >= 11 is 0. The minimum Gasteiger partial charge on any atom is -0.493 e. The van der Waals surface area contributed by atoms with Crippen molar-refractivity contribution < 1.29 is 14.2 Å². The smallest absolute Gasteiger partial charge is 0.161 e. The maximum Gasteiger partial charge on any atom is 0.161 e. The van der Waals surface area contributed by atoms with Gasteiger partial charge in [0.2, 0.25) is 0 Å². The van der Waals surface area contributed by atoms with Gasteiger partial charge < -0.3 is 19.9 Å². The van der Waals surface area contributed by atoms with E-state index >= 15 is 0 Å². The van der Waals surface area contributed by atoms with Gasteiger partial charge in [0.25, 0.3) is 0 Å². The van der Waals surface area contributed by atoms with Gasteiger partial charge in [0.1, 0.15) is 0 Å². The average molecular weight is 251 g/mol. The van der Waals surface area contributed by atoms with E-state index in [-0.39, 0.29) is 5.41 Å². The lowest BCUT2D eigenvalue weighted by Crippen LogP contribution is -2.47. The van der Waals surface area contributed by atoms with Gasteiger partial charge in [-0.05, 0) is 37.1 Å². The predicted octanol–water partition coefficient (Wildman–Crippen LogP) is 1.71. The second-order valence-electron chi connectivity index (χ2n) is 4.74. The first-order valence-electron chi connectivity index (χ1n) is 6.26. The van der Waals surface area contributed by atoms with Gasteiger partial charge in [0, 0.05) is 5.41 Å². The standard InChI is InChI=1S/C14H21NO3/c1-16-12-5-4-11(8-13(12)17-2)14(6-3-7-15)9-18-10-14/h4-5,8H,3,6-7,9-10,15H2,1-2H3. The summed E-state index contributed by atoms with van der Waals surface area (Å²) in [5, 5.41) is 0. The molecule has 1 aliphatic rings. The molecule has 1 heterocycles. The van der Waals surface area contributed by atoms with Crippen LogP contribution in [0.4, 0.5) is 0 Å². The highest BCUT2D eigenvalue weighted by atomic mass is 16.5. The average Bonchev–Trinajstić information content (AvgIpc) is 2.37. The predicted molar refractivity (Wildman–Crippen MR) is 70.3 cm³/mol. The highest BCUT2D eigenvalue weighted by Crippen LogP contribution is 2.40. The molecule has 0 spiro atoms. The Balaban J connectivity index is 2.25. The van der Waals surface area contributed by atoms with Crippen LogP contribution in [0.5, 0.6) is 11.5 Å². The maximum absolute atomic E-state index is 5.61. The molecular formula is C14H21NO3. The van der Waals surface area contributed by atoms with Crippen LogP contribution in [0.1, 0.15) is 18.4 Å². The summed E-state index contributed by atoms with van der Waals surface area (Å²) in [6.45, 7) is 2.25. The Morgan fingerprint density at radius 2 is 1.94 bits per heavy atom. The molecule has 0 radical (unpaired) electrons. The van der Waals surface area contributed by atoms with Crippen molar-refractivity contribution in [2.24, 2.45) is 5.73 Å². The van der Waals surface area contributed by atoms with E-state index in [1.807, 2.05) is 6.07 Å². The van der Waals surface area contributed by atoms with Gasteiger partial charge in [-0.25, -0.2) is 0 Å². The van der Waals surface area contributed by atoms with Crippen LogP contribution in [0, 0.1) is 0 Å². The minimum atomic E-state index is 0.110. The SMILES string of the molecule is COc1ccc(C2(CCCN)COC2)cc1OC. The number of hydrogen-bond donors (Lipinski definition) is 1. The zero-order valence-corrected chi connectivity index (χ0v) is 11.1. The molecule has 0 amide bonds.